The summed E-state index contributed by atoms with van der Waals surface area (Å²) in [5.74, 6) is -0.136. The number of benzene rings is 3. The van der Waals surface area contributed by atoms with E-state index in [9.17, 15) is 23.3 Å². The molecule has 2 aliphatic heterocycles. The summed E-state index contributed by atoms with van der Waals surface area (Å²) in [6, 6.07) is 21.0. The number of anilines is 2. The fraction of sp³-hybridized carbons (Fsp3) is 0.429. The molecule has 17 heteroatoms. The summed E-state index contributed by atoms with van der Waals surface area (Å²) in [6.07, 6.45) is 9.52. The van der Waals surface area contributed by atoms with Crippen molar-refractivity contribution in [1.82, 2.24) is 24.5 Å². The number of hydrogen-bond acceptors (Lipinski definition) is 12. The van der Waals surface area contributed by atoms with Crippen molar-refractivity contribution in [3.8, 4) is 11.5 Å². The van der Waals surface area contributed by atoms with Gasteiger partial charge in [0.05, 0.1) is 34.8 Å². The first-order valence-corrected chi connectivity index (χ1v) is 24.7. The second-order valence-electron chi connectivity index (χ2n) is 18.8. The lowest BCUT2D eigenvalue weighted by atomic mass is 9.72. The SMILES string of the molecule is CC1(C)CCC(CN2CCN(c3ccc(C(=O)NS(=O)(=O)c4ccc(NCC5CCC(N6CCOCC6)C5)c([N+](=O)[O-])c4)c(Oc4cnc5[nH]ccc5c4)c3)CC2)=C(c2ccc(Cl)cc2)C1. The Balaban J connectivity index is 0.900. The number of pyridine rings is 1. The van der Waals surface area contributed by atoms with E-state index in [1.165, 1.54) is 35.0 Å². The van der Waals surface area contributed by atoms with Gasteiger partial charge in [0.1, 0.15) is 22.8 Å². The fourth-order valence-electron chi connectivity index (χ4n) is 9.96. The molecule has 2 saturated heterocycles. The van der Waals surface area contributed by atoms with Crippen LogP contribution < -0.4 is 19.7 Å². The largest absolute Gasteiger partial charge is 0.455 e. The Morgan fingerprint density at radius 3 is 2.56 bits per heavy atom. The minimum absolute atomic E-state index is 0.0308. The number of carbonyl (C=O) groups excluding carboxylic acids is 1. The Kier molecular flexibility index (Phi) is 13.4. The first kappa shape index (κ1) is 45.6. The molecule has 2 aromatic heterocycles. The summed E-state index contributed by atoms with van der Waals surface area (Å²) in [4.78, 5) is 40.0. The second-order valence-corrected chi connectivity index (χ2v) is 20.9. The van der Waals surface area contributed by atoms with Crippen molar-refractivity contribution >= 4 is 61.2 Å². The second kappa shape index (κ2) is 19.4. The molecule has 3 fully saturated rings. The number of halogens is 1. The summed E-state index contributed by atoms with van der Waals surface area (Å²) in [7, 11) is -4.57. The molecule has 4 heterocycles. The number of piperazine rings is 1. The zero-order valence-electron chi connectivity index (χ0n) is 37.4. The van der Waals surface area contributed by atoms with E-state index >= 15 is 0 Å². The third kappa shape index (κ3) is 10.5. The molecule has 3 aromatic carbocycles. The standard InChI is InChI=1S/C49H57ClN8O7S/c1-49(2)15-13-36(43(29-49)34-4-6-37(50)7-5-34)32-55-17-19-56(20-18-55)39-9-11-42(46(27-39)65-40-26-35-14-16-51-47(35)53-31-40)48(59)54-66(62,63)41-10-12-44(45(28-41)58(60)61)52-30-33-3-8-38(25-33)57-21-23-64-24-22-57/h4-7,9-12,14,16,26-28,31,33,38,52H,3,8,13,15,17-25,29-30,32H2,1-2H3,(H,51,53)(H,54,59). The number of nitro groups is 1. The molecular weight excluding hydrogens is 880 g/mol. The van der Waals surface area contributed by atoms with Gasteiger partial charge in [-0.1, -0.05) is 43.2 Å². The van der Waals surface area contributed by atoms with E-state index in [0.29, 0.717) is 29.9 Å². The van der Waals surface area contributed by atoms with Crippen LogP contribution >= 0.6 is 11.6 Å². The zero-order valence-corrected chi connectivity index (χ0v) is 39.0. The highest BCUT2D eigenvalue weighted by molar-refractivity contribution is 7.90. The van der Waals surface area contributed by atoms with Gasteiger partial charge in [0.15, 0.2) is 0 Å². The average Bonchev–Trinajstić information content (AvgIpc) is 3.99. The van der Waals surface area contributed by atoms with Crippen LogP contribution in [0.15, 0.2) is 95.7 Å². The van der Waals surface area contributed by atoms with Crippen LogP contribution in [0.1, 0.15) is 68.3 Å². The minimum atomic E-state index is -4.57. The minimum Gasteiger partial charge on any atom is -0.455 e. The number of carbonyl (C=O) groups is 1. The van der Waals surface area contributed by atoms with E-state index in [1.807, 2.05) is 18.2 Å². The Morgan fingerprint density at radius 2 is 1.79 bits per heavy atom. The highest BCUT2D eigenvalue weighted by Crippen LogP contribution is 2.44. The van der Waals surface area contributed by atoms with Crippen LogP contribution in [-0.4, -0.2) is 111 Å². The number of nitrogens with zero attached hydrogens (tertiary/aromatic N) is 5. The van der Waals surface area contributed by atoms with E-state index in [2.05, 4.69) is 60.7 Å². The molecule has 66 heavy (non-hydrogen) atoms. The lowest BCUT2D eigenvalue weighted by molar-refractivity contribution is -0.384. The van der Waals surface area contributed by atoms with Gasteiger partial charge in [-0.15, -0.1) is 0 Å². The molecule has 2 atom stereocenters. The maximum Gasteiger partial charge on any atom is 0.293 e. The number of ether oxygens (including phenoxy) is 2. The Bertz CT molecular complexity index is 2730. The van der Waals surface area contributed by atoms with Crippen LogP contribution in [0.3, 0.4) is 0 Å². The summed E-state index contributed by atoms with van der Waals surface area (Å²) in [5.41, 5.74) is 5.61. The van der Waals surface area contributed by atoms with Crippen molar-refractivity contribution in [3.63, 3.8) is 0 Å². The first-order chi connectivity index (χ1) is 31.8. The molecule has 348 valence electrons. The van der Waals surface area contributed by atoms with Crippen LogP contribution in [0.5, 0.6) is 11.5 Å². The van der Waals surface area contributed by atoms with Crippen LogP contribution in [-0.2, 0) is 14.8 Å². The molecule has 0 radical (unpaired) electrons. The number of nitrogens with one attached hydrogen (secondary N) is 3. The predicted molar refractivity (Wildman–Crippen MR) is 257 cm³/mol. The van der Waals surface area contributed by atoms with Crippen molar-refractivity contribution in [2.45, 2.75) is 63.3 Å². The maximum atomic E-state index is 14.0. The highest BCUT2D eigenvalue weighted by Gasteiger charge is 2.33. The summed E-state index contributed by atoms with van der Waals surface area (Å²) in [5, 5.41) is 17.0. The number of sulfonamides is 1. The van der Waals surface area contributed by atoms with Crippen molar-refractivity contribution in [2.75, 3.05) is 75.8 Å². The van der Waals surface area contributed by atoms with E-state index in [-0.39, 0.29) is 22.4 Å². The molecule has 3 N–H and O–H groups in total. The number of amides is 1. The Morgan fingerprint density at radius 1 is 1.00 bits per heavy atom. The van der Waals surface area contributed by atoms with Gasteiger partial charge in [0.2, 0.25) is 0 Å². The molecule has 2 unspecified atom stereocenters. The van der Waals surface area contributed by atoms with Gasteiger partial charge in [-0.3, -0.25) is 24.7 Å². The zero-order chi connectivity index (χ0) is 46.0. The third-order valence-electron chi connectivity index (χ3n) is 13.7. The summed E-state index contributed by atoms with van der Waals surface area (Å²) < 4.78 is 41.6. The highest BCUT2D eigenvalue weighted by atomic mass is 35.5. The van der Waals surface area contributed by atoms with Crippen LogP contribution in [0.4, 0.5) is 17.1 Å². The first-order valence-electron chi connectivity index (χ1n) is 22.9. The average molecular weight is 938 g/mol. The number of aromatic amines is 1. The number of morpholine rings is 1. The fourth-order valence-corrected chi connectivity index (χ4v) is 11.1. The van der Waals surface area contributed by atoms with Gasteiger partial charge in [0.25, 0.3) is 21.6 Å². The molecule has 2 aliphatic carbocycles. The van der Waals surface area contributed by atoms with Crippen molar-refractivity contribution in [2.24, 2.45) is 11.3 Å². The summed E-state index contributed by atoms with van der Waals surface area (Å²) in [6.45, 7) is 12.5. The molecule has 0 bridgehead atoms. The quantitative estimate of drug-likeness (QED) is 0.0715. The van der Waals surface area contributed by atoms with E-state index in [4.69, 9.17) is 21.1 Å². The topological polar surface area (TPSA) is 175 Å². The molecule has 4 aliphatic rings. The smallest absolute Gasteiger partial charge is 0.293 e. The number of aromatic nitrogens is 2. The van der Waals surface area contributed by atoms with Gasteiger partial charge in [-0.05, 0) is 110 Å². The molecule has 0 spiro atoms. The lowest BCUT2D eigenvalue weighted by Crippen LogP contribution is -2.47. The number of H-pyrrole nitrogens is 1. The lowest BCUT2D eigenvalue weighted by Gasteiger charge is -2.39. The number of allylic oxidation sites excluding steroid dienone is 1. The van der Waals surface area contributed by atoms with E-state index < -0.39 is 31.4 Å². The number of fused-ring (bicyclic) bond motifs is 1. The molecular formula is C49H57ClN8O7S. The van der Waals surface area contributed by atoms with Gasteiger partial charge < -0.3 is 24.7 Å². The maximum absolute atomic E-state index is 14.0. The van der Waals surface area contributed by atoms with Gasteiger partial charge in [0, 0.05) is 92.8 Å². The third-order valence-corrected chi connectivity index (χ3v) is 15.3. The van der Waals surface area contributed by atoms with Crippen molar-refractivity contribution in [3.05, 3.63) is 117 Å². The monoisotopic (exact) mass is 936 g/mol. The van der Waals surface area contributed by atoms with Crippen LogP contribution in [0.25, 0.3) is 16.6 Å². The van der Waals surface area contributed by atoms with Gasteiger partial charge in [-0.25, -0.2) is 18.1 Å². The van der Waals surface area contributed by atoms with Crippen LogP contribution in [0.2, 0.25) is 5.02 Å². The van der Waals surface area contributed by atoms with E-state index in [0.717, 1.165) is 120 Å². The molecule has 5 aromatic rings. The number of rotatable bonds is 14. The Labute approximate surface area is 390 Å². The summed E-state index contributed by atoms with van der Waals surface area (Å²) >= 11 is 6.25. The molecule has 15 nitrogen and oxygen atoms in total. The number of nitro benzene ring substituents is 1. The van der Waals surface area contributed by atoms with Crippen molar-refractivity contribution in [1.29, 1.82) is 0 Å². The molecule has 1 saturated carbocycles. The van der Waals surface area contributed by atoms with Gasteiger partial charge >= 0.3 is 0 Å². The molecule has 1 amide bonds. The van der Waals surface area contributed by atoms with E-state index in [1.54, 1.807) is 30.5 Å². The van der Waals surface area contributed by atoms with Crippen LogP contribution in [0, 0.1) is 21.4 Å². The van der Waals surface area contributed by atoms with Crippen molar-refractivity contribution < 1.29 is 27.6 Å². The normalized spacial score (nSPS) is 20.7. The number of hydrogen-bond donors (Lipinski definition) is 3. The Hall–Kier alpha value is -5.52. The molecule has 9 rings (SSSR count). The predicted octanol–water partition coefficient (Wildman–Crippen LogP) is 8.73. The van der Waals surface area contributed by atoms with Gasteiger partial charge in [-0.2, -0.15) is 0 Å².